The zero-order valence-corrected chi connectivity index (χ0v) is 9.37. The quantitative estimate of drug-likeness (QED) is 0.527. The van der Waals surface area contributed by atoms with Crippen LogP contribution in [0.25, 0.3) is 0 Å². The van der Waals surface area contributed by atoms with Crippen LogP contribution in [0, 0.1) is 11.2 Å². The molecule has 1 atom stereocenters. The largest absolute Gasteiger partial charge is 0.392 e. The van der Waals surface area contributed by atoms with Crippen molar-refractivity contribution in [3.8, 4) is 0 Å². The maximum absolute atomic E-state index is 13.6. The van der Waals surface area contributed by atoms with E-state index in [1.54, 1.807) is 31.0 Å². The van der Waals surface area contributed by atoms with Gasteiger partial charge in [0.25, 0.3) is 0 Å². The van der Waals surface area contributed by atoms with Gasteiger partial charge in [-0.25, -0.2) is 4.39 Å². The molecule has 0 radical (unpaired) electrons. The van der Waals surface area contributed by atoms with Crippen LogP contribution in [-0.2, 0) is 0 Å². The number of nitrogens with two attached hydrogens (primary N) is 1. The predicted molar refractivity (Wildman–Crippen MR) is 62.4 cm³/mol. The molecule has 5 heteroatoms. The number of hydrogen-bond donors (Lipinski definition) is 3. The van der Waals surface area contributed by atoms with Crippen LogP contribution in [0.5, 0.6) is 0 Å². The van der Waals surface area contributed by atoms with Gasteiger partial charge in [0.15, 0.2) is 0 Å². The number of amidine groups is 1. The molecule has 1 unspecified atom stereocenters. The molecule has 0 saturated heterocycles. The van der Waals surface area contributed by atoms with E-state index in [1.165, 1.54) is 6.07 Å². The fourth-order valence-electron chi connectivity index (χ4n) is 1.48. The molecule has 4 N–H and O–H groups in total. The van der Waals surface area contributed by atoms with Crippen molar-refractivity contribution in [2.24, 2.45) is 5.73 Å². The highest BCUT2D eigenvalue weighted by atomic mass is 19.1. The zero-order chi connectivity index (χ0) is 12.3. The van der Waals surface area contributed by atoms with Crippen molar-refractivity contribution in [1.82, 2.24) is 0 Å². The van der Waals surface area contributed by atoms with Crippen molar-refractivity contribution < 1.29 is 9.50 Å². The monoisotopic (exact) mass is 225 g/mol. The number of hydrogen-bond acceptors (Lipinski definition) is 3. The van der Waals surface area contributed by atoms with Gasteiger partial charge in [0.05, 0.1) is 11.8 Å². The Bertz CT molecular complexity index is 393. The van der Waals surface area contributed by atoms with E-state index in [1.807, 2.05) is 0 Å². The fourth-order valence-corrected chi connectivity index (χ4v) is 1.48. The van der Waals surface area contributed by atoms with Gasteiger partial charge in [0.2, 0.25) is 0 Å². The third kappa shape index (κ3) is 2.93. The van der Waals surface area contributed by atoms with Crippen LogP contribution in [0.4, 0.5) is 10.1 Å². The molecule has 0 bridgehead atoms. The summed E-state index contributed by atoms with van der Waals surface area (Å²) in [5, 5.41) is 16.4. The molecular weight excluding hydrogens is 209 g/mol. The molecule has 4 nitrogen and oxygen atoms in total. The van der Waals surface area contributed by atoms with Crippen molar-refractivity contribution in [1.29, 1.82) is 5.41 Å². The van der Waals surface area contributed by atoms with E-state index >= 15 is 0 Å². The van der Waals surface area contributed by atoms with Gasteiger partial charge in [0, 0.05) is 19.2 Å². The number of benzene rings is 1. The van der Waals surface area contributed by atoms with Crippen molar-refractivity contribution in [3.05, 3.63) is 29.6 Å². The lowest BCUT2D eigenvalue weighted by Gasteiger charge is -2.21. The number of rotatable bonds is 4. The molecule has 16 heavy (non-hydrogen) atoms. The molecule has 0 spiro atoms. The van der Waals surface area contributed by atoms with Gasteiger partial charge in [0.1, 0.15) is 11.7 Å². The number of nitrogen functional groups attached to an aromatic ring is 1. The number of halogens is 1. The molecule has 0 heterocycles. The molecule has 1 aromatic rings. The number of aliphatic hydroxyl groups is 1. The van der Waals surface area contributed by atoms with E-state index in [-0.39, 0.29) is 5.84 Å². The first kappa shape index (κ1) is 12.4. The molecule has 1 aromatic carbocycles. The van der Waals surface area contributed by atoms with E-state index in [9.17, 15) is 9.50 Å². The third-order valence-corrected chi connectivity index (χ3v) is 2.21. The molecule has 0 fully saturated rings. The Balaban J connectivity index is 2.94. The highest BCUT2D eigenvalue weighted by Gasteiger charge is 2.10. The molecule has 88 valence electrons. The first-order valence-electron chi connectivity index (χ1n) is 4.95. The van der Waals surface area contributed by atoms with Crippen LogP contribution < -0.4 is 10.6 Å². The summed E-state index contributed by atoms with van der Waals surface area (Å²) in [5.41, 5.74) is 5.99. The van der Waals surface area contributed by atoms with Crippen molar-refractivity contribution in [2.75, 3.05) is 18.5 Å². The molecule has 0 aliphatic heterocycles. The second-order valence-corrected chi connectivity index (χ2v) is 3.81. The third-order valence-electron chi connectivity index (χ3n) is 2.21. The number of nitrogens with one attached hydrogen (secondary N) is 1. The van der Waals surface area contributed by atoms with Crippen molar-refractivity contribution in [3.63, 3.8) is 0 Å². The first-order chi connectivity index (χ1) is 7.41. The number of aliphatic hydroxyl groups excluding tert-OH is 1. The second kappa shape index (κ2) is 4.94. The predicted octanol–water partition coefficient (Wildman–Crippen LogP) is 0.927. The van der Waals surface area contributed by atoms with Crippen LogP contribution in [0.3, 0.4) is 0 Å². The van der Waals surface area contributed by atoms with Gasteiger partial charge in [-0.3, -0.25) is 5.41 Å². The van der Waals surface area contributed by atoms with Crippen LogP contribution in [0.2, 0.25) is 0 Å². The maximum atomic E-state index is 13.6. The Hall–Kier alpha value is -1.62. The Morgan fingerprint density at radius 1 is 1.62 bits per heavy atom. The topological polar surface area (TPSA) is 73.3 Å². The lowest BCUT2D eigenvalue weighted by atomic mass is 10.1. The van der Waals surface area contributed by atoms with E-state index in [4.69, 9.17) is 11.1 Å². The number of likely N-dealkylation sites (N-methyl/N-ethyl adjacent to an activating group) is 1. The van der Waals surface area contributed by atoms with Crippen molar-refractivity contribution >= 4 is 11.5 Å². The van der Waals surface area contributed by atoms with Crippen LogP contribution in [0.1, 0.15) is 12.5 Å². The summed E-state index contributed by atoms with van der Waals surface area (Å²) in [6.45, 7) is 1.98. The Morgan fingerprint density at radius 2 is 2.25 bits per heavy atom. The SMILES string of the molecule is CC(O)CN(C)c1ccc(C(=N)N)cc1F. The van der Waals surface area contributed by atoms with Gasteiger partial charge in [-0.2, -0.15) is 0 Å². The minimum atomic E-state index is -0.531. The summed E-state index contributed by atoms with van der Waals surface area (Å²) in [6, 6.07) is 4.35. The number of anilines is 1. The summed E-state index contributed by atoms with van der Waals surface area (Å²) in [4.78, 5) is 1.61. The lowest BCUT2D eigenvalue weighted by molar-refractivity contribution is 0.201. The number of nitrogens with zero attached hydrogens (tertiary/aromatic N) is 1. The van der Waals surface area contributed by atoms with E-state index in [2.05, 4.69) is 0 Å². The Kier molecular flexibility index (Phi) is 3.84. The van der Waals surface area contributed by atoms with E-state index in [0.717, 1.165) is 0 Å². The second-order valence-electron chi connectivity index (χ2n) is 3.81. The summed E-state index contributed by atoms with van der Waals surface area (Å²) >= 11 is 0. The average Bonchev–Trinajstić information content (AvgIpc) is 2.15. The molecular formula is C11H16FN3O. The van der Waals surface area contributed by atoms with Crippen LogP contribution in [-0.4, -0.2) is 30.6 Å². The fraction of sp³-hybridized carbons (Fsp3) is 0.364. The average molecular weight is 225 g/mol. The highest BCUT2D eigenvalue weighted by Crippen LogP contribution is 2.19. The van der Waals surface area contributed by atoms with Gasteiger partial charge in [-0.15, -0.1) is 0 Å². The Morgan fingerprint density at radius 3 is 2.69 bits per heavy atom. The summed E-state index contributed by atoms with van der Waals surface area (Å²) in [7, 11) is 1.69. The molecule has 0 saturated carbocycles. The van der Waals surface area contributed by atoms with E-state index in [0.29, 0.717) is 17.8 Å². The minimum Gasteiger partial charge on any atom is -0.392 e. The molecule has 0 aliphatic rings. The zero-order valence-electron chi connectivity index (χ0n) is 9.37. The van der Waals surface area contributed by atoms with Crippen LogP contribution in [0.15, 0.2) is 18.2 Å². The van der Waals surface area contributed by atoms with Crippen molar-refractivity contribution in [2.45, 2.75) is 13.0 Å². The van der Waals surface area contributed by atoms with Gasteiger partial charge >= 0.3 is 0 Å². The Labute approximate surface area is 94.0 Å². The lowest BCUT2D eigenvalue weighted by Crippen LogP contribution is -2.27. The summed E-state index contributed by atoms with van der Waals surface area (Å²) in [5.74, 6) is -0.612. The standard InChI is InChI=1S/C11H16FN3O/c1-7(16)6-15(2)10-4-3-8(11(13)14)5-9(10)12/h3-5,7,16H,6H2,1-2H3,(H3,13,14). The van der Waals surface area contributed by atoms with Gasteiger partial charge in [-0.1, -0.05) is 0 Å². The maximum Gasteiger partial charge on any atom is 0.147 e. The molecule has 0 aromatic heterocycles. The van der Waals surface area contributed by atoms with Crippen LogP contribution >= 0.6 is 0 Å². The van der Waals surface area contributed by atoms with Gasteiger partial charge < -0.3 is 15.7 Å². The van der Waals surface area contributed by atoms with E-state index < -0.39 is 11.9 Å². The first-order valence-corrected chi connectivity index (χ1v) is 4.95. The van der Waals surface area contributed by atoms with Gasteiger partial charge in [-0.05, 0) is 25.1 Å². The molecule has 0 aliphatic carbocycles. The summed E-state index contributed by atoms with van der Waals surface area (Å²) in [6.07, 6.45) is -0.531. The molecule has 1 rings (SSSR count). The minimum absolute atomic E-state index is 0.163. The molecule has 0 amide bonds. The summed E-state index contributed by atoms with van der Waals surface area (Å²) < 4.78 is 13.6. The normalized spacial score (nSPS) is 12.2. The highest BCUT2D eigenvalue weighted by molar-refractivity contribution is 5.95. The smallest absolute Gasteiger partial charge is 0.147 e.